The summed E-state index contributed by atoms with van der Waals surface area (Å²) >= 11 is 0. The molecule has 2 aromatic rings. The first-order valence-electron chi connectivity index (χ1n) is 5.67. The fourth-order valence-electron chi connectivity index (χ4n) is 1.51. The molecular weight excluding hydrogens is 273 g/mol. The van der Waals surface area contributed by atoms with Crippen LogP contribution in [0, 0.1) is 17.5 Å². The molecule has 1 heterocycles. The zero-order valence-electron chi connectivity index (χ0n) is 10.5. The van der Waals surface area contributed by atoms with Crippen molar-refractivity contribution in [3.05, 3.63) is 35.9 Å². The van der Waals surface area contributed by atoms with Crippen molar-refractivity contribution in [1.29, 1.82) is 0 Å². The van der Waals surface area contributed by atoms with Crippen LogP contribution in [0.4, 0.5) is 30.4 Å². The average molecular weight is 284 g/mol. The van der Waals surface area contributed by atoms with Crippen molar-refractivity contribution in [3.8, 4) is 5.88 Å². The van der Waals surface area contributed by atoms with Crippen LogP contribution in [0.15, 0.2) is 18.5 Å². The Kier molecular flexibility index (Phi) is 3.92. The van der Waals surface area contributed by atoms with E-state index in [0.717, 1.165) is 6.33 Å². The summed E-state index contributed by atoms with van der Waals surface area (Å²) < 4.78 is 45.0. The zero-order valence-corrected chi connectivity index (χ0v) is 10.5. The molecule has 2 rings (SSSR count). The topological polar surface area (TPSA) is 73.1 Å². The monoisotopic (exact) mass is 284 g/mol. The molecule has 5 nitrogen and oxygen atoms in total. The highest BCUT2D eigenvalue weighted by Crippen LogP contribution is 2.30. The van der Waals surface area contributed by atoms with E-state index >= 15 is 0 Å². The standard InChI is InChI=1S/C12H11F3N4O/c1-2-20-12-9(16)11(17-5-18-12)19-10-7(14)3-6(13)4-8(10)15/h3-5H,2,16H2,1H3,(H,17,18,19). The van der Waals surface area contributed by atoms with Gasteiger partial charge in [-0.1, -0.05) is 0 Å². The van der Waals surface area contributed by atoms with Crippen LogP contribution >= 0.6 is 0 Å². The van der Waals surface area contributed by atoms with E-state index in [-0.39, 0.29) is 17.4 Å². The van der Waals surface area contributed by atoms with Crippen LogP contribution in [-0.4, -0.2) is 16.6 Å². The third-order valence-electron chi connectivity index (χ3n) is 2.38. The molecule has 0 unspecified atom stereocenters. The van der Waals surface area contributed by atoms with Crippen molar-refractivity contribution in [2.24, 2.45) is 0 Å². The number of nitrogens with one attached hydrogen (secondary N) is 1. The number of hydrogen-bond donors (Lipinski definition) is 2. The number of nitrogens with two attached hydrogens (primary N) is 1. The summed E-state index contributed by atoms with van der Waals surface area (Å²) in [6.45, 7) is 2.05. The Morgan fingerprint density at radius 1 is 1.20 bits per heavy atom. The third kappa shape index (κ3) is 2.73. The molecular formula is C12H11F3N4O. The first kappa shape index (κ1) is 13.9. The Labute approximate surface area is 112 Å². The molecule has 8 heteroatoms. The Bertz CT molecular complexity index is 613. The summed E-state index contributed by atoms with van der Waals surface area (Å²) in [5.41, 5.74) is 5.16. The SMILES string of the molecule is CCOc1ncnc(Nc2c(F)cc(F)cc2F)c1N. The quantitative estimate of drug-likeness (QED) is 0.902. The summed E-state index contributed by atoms with van der Waals surface area (Å²) in [5, 5.41) is 2.36. The first-order valence-corrected chi connectivity index (χ1v) is 5.67. The summed E-state index contributed by atoms with van der Waals surface area (Å²) in [6, 6.07) is 1.10. The van der Waals surface area contributed by atoms with Crippen LogP contribution in [-0.2, 0) is 0 Å². The molecule has 0 saturated carbocycles. The molecule has 0 aliphatic carbocycles. The van der Waals surface area contributed by atoms with Crippen LogP contribution in [0.3, 0.4) is 0 Å². The fourth-order valence-corrected chi connectivity index (χ4v) is 1.51. The van der Waals surface area contributed by atoms with Gasteiger partial charge in [0.15, 0.2) is 17.5 Å². The molecule has 0 fully saturated rings. The van der Waals surface area contributed by atoms with Crippen molar-refractivity contribution >= 4 is 17.2 Å². The summed E-state index contributed by atoms with van der Waals surface area (Å²) in [6.07, 6.45) is 1.13. The normalized spacial score (nSPS) is 10.4. The molecule has 0 bridgehead atoms. The predicted octanol–water partition coefficient (Wildman–Crippen LogP) is 2.62. The van der Waals surface area contributed by atoms with Gasteiger partial charge in [-0.2, -0.15) is 4.98 Å². The summed E-state index contributed by atoms with van der Waals surface area (Å²) in [7, 11) is 0. The summed E-state index contributed by atoms with van der Waals surface area (Å²) in [4.78, 5) is 7.55. The molecule has 106 valence electrons. The minimum absolute atomic E-state index is 0.00234. The van der Waals surface area contributed by atoms with Crippen LogP contribution in [0.1, 0.15) is 6.92 Å². The molecule has 1 aromatic heterocycles. The van der Waals surface area contributed by atoms with E-state index < -0.39 is 23.1 Å². The van der Waals surface area contributed by atoms with Gasteiger partial charge in [0.1, 0.15) is 23.5 Å². The van der Waals surface area contributed by atoms with Gasteiger partial charge in [-0.25, -0.2) is 18.2 Å². The molecule has 20 heavy (non-hydrogen) atoms. The van der Waals surface area contributed by atoms with E-state index in [1.54, 1.807) is 6.92 Å². The Morgan fingerprint density at radius 3 is 2.45 bits per heavy atom. The number of rotatable bonds is 4. The maximum Gasteiger partial charge on any atom is 0.242 e. The van der Waals surface area contributed by atoms with Crippen molar-refractivity contribution < 1.29 is 17.9 Å². The van der Waals surface area contributed by atoms with Gasteiger partial charge in [0, 0.05) is 12.1 Å². The largest absolute Gasteiger partial charge is 0.476 e. The van der Waals surface area contributed by atoms with Gasteiger partial charge in [0.25, 0.3) is 0 Å². The van der Waals surface area contributed by atoms with Gasteiger partial charge in [-0.15, -0.1) is 0 Å². The number of benzene rings is 1. The number of halogens is 3. The van der Waals surface area contributed by atoms with E-state index in [9.17, 15) is 13.2 Å². The van der Waals surface area contributed by atoms with Crippen LogP contribution in [0.2, 0.25) is 0 Å². The highest BCUT2D eigenvalue weighted by Gasteiger charge is 2.15. The molecule has 1 aromatic carbocycles. The van der Waals surface area contributed by atoms with Crippen molar-refractivity contribution in [3.63, 3.8) is 0 Å². The van der Waals surface area contributed by atoms with Gasteiger partial charge in [-0.05, 0) is 6.92 Å². The van der Waals surface area contributed by atoms with E-state index in [1.807, 2.05) is 0 Å². The molecule has 0 radical (unpaired) electrons. The fraction of sp³-hybridized carbons (Fsp3) is 0.167. The van der Waals surface area contributed by atoms with Gasteiger partial charge in [0.05, 0.1) is 6.61 Å². The van der Waals surface area contributed by atoms with Crippen LogP contribution in [0.25, 0.3) is 0 Å². The smallest absolute Gasteiger partial charge is 0.242 e. The minimum Gasteiger partial charge on any atom is -0.476 e. The maximum absolute atomic E-state index is 13.5. The number of ether oxygens (including phenoxy) is 1. The minimum atomic E-state index is -1.10. The molecule has 0 spiro atoms. The number of aromatic nitrogens is 2. The molecule has 0 aliphatic heterocycles. The Morgan fingerprint density at radius 2 is 1.85 bits per heavy atom. The Hall–Kier alpha value is -2.51. The van der Waals surface area contributed by atoms with Crippen LogP contribution in [0.5, 0.6) is 5.88 Å². The lowest BCUT2D eigenvalue weighted by atomic mass is 10.2. The van der Waals surface area contributed by atoms with Gasteiger partial charge < -0.3 is 15.8 Å². The number of nitrogen functional groups attached to an aromatic ring is 1. The lowest BCUT2D eigenvalue weighted by Gasteiger charge is -2.12. The van der Waals surface area contributed by atoms with Gasteiger partial charge in [-0.3, -0.25) is 0 Å². The van der Waals surface area contributed by atoms with Crippen molar-refractivity contribution in [2.45, 2.75) is 6.92 Å². The number of anilines is 3. The van der Waals surface area contributed by atoms with E-state index in [1.165, 1.54) is 0 Å². The average Bonchev–Trinajstić information content (AvgIpc) is 2.38. The molecule has 0 amide bonds. The van der Waals surface area contributed by atoms with Crippen molar-refractivity contribution in [1.82, 2.24) is 9.97 Å². The first-order chi connectivity index (χ1) is 9.52. The highest BCUT2D eigenvalue weighted by atomic mass is 19.1. The zero-order chi connectivity index (χ0) is 14.7. The highest BCUT2D eigenvalue weighted by molar-refractivity contribution is 5.72. The lowest BCUT2D eigenvalue weighted by Crippen LogP contribution is -2.07. The lowest BCUT2D eigenvalue weighted by molar-refractivity contribution is 0.328. The summed E-state index contributed by atoms with van der Waals surface area (Å²) in [5.74, 6) is -3.16. The van der Waals surface area contributed by atoms with Gasteiger partial charge in [0.2, 0.25) is 5.88 Å². The Balaban J connectivity index is 2.38. The van der Waals surface area contributed by atoms with Gasteiger partial charge >= 0.3 is 0 Å². The molecule has 0 saturated heterocycles. The molecule has 0 aliphatic rings. The third-order valence-corrected chi connectivity index (χ3v) is 2.38. The second-order valence-corrected chi connectivity index (χ2v) is 3.74. The second kappa shape index (κ2) is 5.64. The second-order valence-electron chi connectivity index (χ2n) is 3.74. The number of hydrogen-bond acceptors (Lipinski definition) is 5. The molecule has 0 atom stereocenters. The van der Waals surface area contributed by atoms with E-state index in [4.69, 9.17) is 10.5 Å². The maximum atomic E-state index is 13.5. The van der Waals surface area contributed by atoms with E-state index in [0.29, 0.717) is 18.7 Å². The van der Waals surface area contributed by atoms with Crippen molar-refractivity contribution in [2.75, 3.05) is 17.7 Å². The van der Waals surface area contributed by atoms with E-state index in [2.05, 4.69) is 15.3 Å². The predicted molar refractivity (Wildman–Crippen MR) is 67.2 cm³/mol. The number of nitrogens with zero attached hydrogens (tertiary/aromatic N) is 2. The molecule has 3 N–H and O–H groups in total. The van der Waals surface area contributed by atoms with Crippen LogP contribution < -0.4 is 15.8 Å².